The van der Waals surface area contributed by atoms with Gasteiger partial charge >= 0.3 is 0 Å². The molecule has 3 nitrogen and oxygen atoms in total. The van der Waals surface area contributed by atoms with Crippen molar-refractivity contribution in [2.75, 3.05) is 17.8 Å². The second kappa shape index (κ2) is 3.64. The fourth-order valence-corrected chi connectivity index (χ4v) is 3.33. The molecule has 3 rings (SSSR count). The highest BCUT2D eigenvalue weighted by atomic mass is 35.5. The van der Waals surface area contributed by atoms with E-state index in [2.05, 4.69) is 55.2 Å². The van der Waals surface area contributed by atoms with Crippen LogP contribution in [0.4, 0.5) is 5.69 Å². The summed E-state index contributed by atoms with van der Waals surface area (Å²) in [6.07, 6.45) is 0.759. The van der Waals surface area contributed by atoms with E-state index in [4.69, 9.17) is 16.4 Å². The smallest absolute Gasteiger partial charge is 0.224 e. The van der Waals surface area contributed by atoms with Gasteiger partial charge in [0.1, 0.15) is 0 Å². The summed E-state index contributed by atoms with van der Waals surface area (Å²) < 4.78 is 0. The Morgan fingerprint density at radius 1 is 1.39 bits per heavy atom. The molecule has 0 fully saturated rings. The van der Waals surface area contributed by atoms with Gasteiger partial charge in [-0.05, 0) is 25.5 Å². The van der Waals surface area contributed by atoms with Gasteiger partial charge in [0.2, 0.25) is 5.72 Å². The van der Waals surface area contributed by atoms with Gasteiger partial charge in [-0.15, -0.1) is 11.6 Å². The monoisotopic (exact) mass is 264 g/mol. The molecule has 0 aliphatic carbocycles. The number of rotatable bonds is 1. The van der Waals surface area contributed by atoms with Crippen molar-refractivity contribution in [1.29, 1.82) is 0 Å². The Hall–Kier alpha value is -1.22. The molecule has 4 heteroatoms. The third-order valence-corrected chi connectivity index (χ3v) is 4.69. The van der Waals surface area contributed by atoms with Gasteiger partial charge < -0.3 is 9.74 Å². The summed E-state index contributed by atoms with van der Waals surface area (Å²) in [6.45, 7) is 4.42. The van der Waals surface area contributed by atoms with Crippen LogP contribution in [0, 0.1) is 0 Å². The van der Waals surface area contributed by atoms with E-state index in [9.17, 15) is 0 Å². The Bertz CT molecular complexity index is 526. The molecule has 2 aliphatic heterocycles. The summed E-state index contributed by atoms with van der Waals surface area (Å²) in [5.74, 6) is 0.433. The van der Waals surface area contributed by atoms with Gasteiger partial charge in [0.05, 0.1) is 23.4 Å². The Labute approximate surface area is 112 Å². The number of benzene rings is 1. The van der Waals surface area contributed by atoms with Gasteiger partial charge in [-0.25, -0.2) is 0 Å². The van der Waals surface area contributed by atoms with E-state index in [1.54, 1.807) is 0 Å². The standard InChI is InChI=1S/C14H17ClN2O/c1-13(2)11-6-4-5-7-12(11)17(3)14(13)8-10(9-15)16-18-14/h4-7H,8-9H2,1-3H3/t14-/m1/s1. The molecule has 0 aromatic heterocycles. The number of hydrogen-bond donors (Lipinski definition) is 0. The van der Waals surface area contributed by atoms with Gasteiger partial charge in [-0.3, -0.25) is 0 Å². The third-order valence-electron chi connectivity index (χ3n) is 4.38. The van der Waals surface area contributed by atoms with Crippen molar-refractivity contribution in [2.45, 2.75) is 31.4 Å². The highest BCUT2D eigenvalue weighted by molar-refractivity contribution is 6.28. The molecule has 1 aromatic carbocycles. The molecule has 0 radical (unpaired) electrons. The Morgan fingerprint density at radius 2 is 2.11 bits per heavy atom. The molecule has 2 heterocycles. The van der Waals surface area contributed by atoms with Crippen LogP contribution in [0.2, 0.25) is 0 Å². The maximum Gasteiger partial charge on any atom is 0.224 e. The van der Waals surface area contributed by atoms with Crippen molar-refractivity contribution in [3.8, 4) is 0 Å². The minimum atomic E-state index is -0.430. The Kier molecular flexibility index (Phi) is 2.39. The van der Waals surface area contributed by atoms with Crippen LogP contribution in [0.3, 0.4) is 0 Å². The maximum absolute atomic E-state index is 5.89. The zero-order chi connectivity index (χ0) is 13.0. The minimum absolute atomic E-state index is 0.115. The lowest BCUT2D eigenvalue weighted by Gasteiger charge is -2.40. The normalized spacial score (nSPS) is 28.2. The molecule has 1 spiro atoms. The van der Waals surface area contributed by atoms with E-state index in [1.165, 1.54) is 11.3 Å². The largest absolute Gasteiger partial charge is 0.366 e. The average molecular weight is 265 g/mol. The second-order valence-electron chi connectivity index (χ2n) is 5.54. The SMILES string of the molecule is CN1c2ccccc2C(C)(C)[C@]12CC(CCl)=NO2. The highest BCUT2D eigenvalue weighted by Gasteiger charge is 2.60. The molecular weight excluding hydrogens is 248 g/mol. The van der Waals surface area contributed by atoms with Crippen LogP contribution in [0.5, 0.6) is 0 Å². The fraction of sp³-hybridized carbons (Fsp3) is 0.500. The summed E-state index contributed by atoms with van der Waals surface area (Å²) in [6, 6.07) is 8.44. The van der Waals surface area contributed by atoms with E-state index >= 15 is 0 Å². The second-order valence-corrected chi connectivity index (χ2v) is 5.81. The van der Waals surface area contributed by atoms with Gasteiger partial charge in [0, 0.05) is 12.7 Å². The number of fused-ring (bicyclic) bond motifs is 1. The van der Waals surface area contributed by atoms with Crippen molar-refractivity contribution in [3.63, 3.8) is 0 Å². The lowest BCUT2D eigenvalue weighted by molar-refractivity contribution is -0.0591. The van der Waals surface area contributed by atoms with E-state index in [0.717, 1.165) is 12.1 Å². The molecule has 2 aliphatic rings. The summed E-state index contributed by atoms with van der Waals surface area (Å²) in [5, 5.41) is 4.16. The first kappa shape index (κ1) is 11.8. The van der Waals surface area contributed by atoms with Crippen molar-refractivity contribution in [2.24, 2.45) is 5.16 Å². The quantitative estimate of drug-likeness (QED) is 0.728. The molecule has 0 bridgehead atoms. The number of hydrogen-bond acceptors (Lipinski definition) is 3. The summed E-state index contributed by atoms with van der Waals surface area (Å²) in [7, 11) is 2.07. The van der Waals surface area contributed by atoms with E-state index in [-0.39, 0.29) is 5.41 Å². The number of anilines is 1. The van der Waals surface area contributed by atoms with Crippen LogP contribution in [0.15, 0.2) is 29.4 Å². The van der Waals surface area contributed by atoms with Crippen LogP contribution in [0.1, 0.15) is 25.8 Å². The van der Waals surface area contributed by atoms with Crippen molar-refractivity contribution in [3.05, 3.63) is 29.8 Å². The van der Waals surface area contributed by atoms with Crippen molar-refractivity contribution in [1.82, 2.24) is 0 Å². The summed E-state index contributed by atoms with van der Waals surface area (Å²) in [5.41, 5.74) is 2.90. The first-order chi connectivity index (χ1) is 8.53. The fourth-order valence-electron chi connectivity index (χ4n) is 3.19. The van der Waals surface area contributed by atoms with Crippen LogP contribution >= 0.6 is 11.6 Å². The van der Waals surface area contributed by atoms with Gasteiger partial charge in [-0.2, -0.15) is 0 Å². The van der Waals surface area contributed by atoms with Crippen LogP contribution in [-0.2, 0) is 10.3 Å². The Morgan fingerprint density at radius 3 is 2.72 bits per heavy atom. The zero-order valence-corrected chi connectivity index (χ0v) is 11.7. The van der Waals surface area contributed by atoms with Crippen molar-refractivity contribution < 1.29 is 4.84 Å². The number of oxime groups is 1. The predicted molar refractivity (Wildman–Crippen MR) is 74.5 cm³/mol. The number of halogens is 1. The van der Waals surface area contributed by atoms with E-state index in [0.29, 0.717) is 5.88 Å². The molecule has 0 saturated heterocycles. The predicted octanol–water partition coefficient (Wildman–Crippen LogP) is 3.13. The molecule has 1 atom stereocenters. The highest BCUT2D eigenvalue weighted by Crippen LogP contribution is 2.54. The molecule has 0 N–H and O–H groups in total. The molecule has 0 unspecified atom stereocenters. The Balaban J connectivity index is 2.10. The third kappa shape index (κ3) is 1.23. The van der Waals surface area contributed by atoms with E-state index < -0.39 is 5.72 Å². The molecule has 0 saturated carbocycles. The summed E-state index contributed by atoms with van der Waals surface area (Å²) >= 11 is 5.89. The van der Waals surface area contributed by atoms with E-state index in [1.807, 2.05) is 0 Å². The first-order valence-electron chi connectivity index (χ1n) is 6.16. The van der Waals surface area contributed by atoms with Gasteiger partial charge in [0.15, 0.2) is 0 Å². The van der Waals surface area contributed by atoms with Crippen LogP contribution < -0.4 is 4.90 Å². The zero-order valence-electron chi connectivity index (χ0n) is 10.9. The molecule has 96 valence electrons. The van der Waals surface area contributed by atoms with Gasteiger partial charge in [-0.1, -0.05) is 23.4 Å². The number of nitrogens with zero attached hydrogens (tertiary/aromatic N) is 2. The number of para-hydroxylation sites is 1. The molecular formula is C14H17ClN2O. The lowest BCUT2D eigenvalue weighted by Crippen LogP contribution is -2.54. The van der Waals surface area contributed by atoms with Crippen LogP contribution in [-0.4, -0.2) is 24.4 Å². The molecule has 1 aromatic rings. The average Bonchev–Trinajstić information content (AvgIpc) is 2.89. The molecule has 18 heavy (non-hydrogen) atoms. The first-order valence-corrected chi connectivity index (χ1v) is 6.69. The molecule has 0 amide bonds. The van der Waals surface area contributed by atoms with Crippen molar-refractivity contribution >= 4 is 23.0 Å². The number of likely N-dealkylation sites (N-methyl/N-ethyl adjacent to an activating group) is 1. The number of alkyl halides is 1. The topological polar surface area (TPSA) is 24.8 Å². The van der Waals surface area contributed by atoms with Gasteiger partial charge in [0.25, 0.3) is 0 Å². The maximum atomic E-state index is 5.89. The minimum Gasteiger partial charge on any atom is -0.366 e. The lowest BCUT2D eigenvalue weighted by atomic mass is 9.76. The summed E-state index contributed by atoms with van der Waals surface area (Å²) in [4.78, 5) is 8.04. The van der Waals surface area contributed by atoms with Crippen LogP contribution in [0.25, 0.3) is 0 Å².